The van der Waals surface area contributed by atoms with Gasteiger partial charge >= 0.3 is 0 Å². The largest absolute Gasteiger partial charge is 0.497 e. The smallest absolute Gasteiger partial charge is 0.244 e. The predicted octanol–water partition coefficient (Wildman–Crippen LogP) is 6.40. The van der Waals surface area contributed by atoms with Crippen LogP contribution in [0.1, 0.15) is 31.0 Å². The van der Waals surface area contributed by atoms with Crippen molar-refractivity contribution in [2.75, 3.05) is 14.2 Å². The lowest BCUT2D eigenvalue weighted by Crippen LogP contribution is -2.24. The van der Waals surface area contributed by atoms with E-state index in [1.807, 2.05) is 80.6 Å². The number of rotatable bonds is 7. The number of allylic oxidation sites excluding steroid dienone is 1. The number of carbonyl (C=O) groups is 1. The van der Waals surface area contributed by atoms with Gasteiger partial charge in [-0.25, -0.2) is 0 Å². The van der Waals surface area contributed by atoms with Gasteiger partial charge in [-0.15, -0.1) is 0 Å². The van der Waals surface area contributed by atoms with E-state index in [-0.39, 0.29) is 11.9 Å². The fourth-order valence-electron chi connectivity index (χ4n) is 3.88. The van der Waals surface area contributed by atoms with Crippen LogP contribution in [0.5, 0.6) is 11.5 Å². The van der Waals surface area contributed by atoms with Gasteiger partial charge in [0.05, 0.1) is 26.5 Å². The molecule has 5 nitrogen and oxygen atoms in total. The first-order chi connectivity index (χ1) is 16.0. The molecule has 0 aliphatic carbocycles. The highest BCUT2D eigenvalue weighted by Crippen LogP contribution is 2.37. The van der Waals surface area contributed by atoms with Crippen molar-refractivity contribution in [3.8, 4) is 22.6 Å². The molecule has 0 aliphatic heterocycles. The molecule has 1 atom stereocenters. The van der Waals surface area contributed by atoms with E-state index >= 15 is 0 Å². The Morgan fingerprint density at radius 1 is 1.00 bits per heavy atom. The summed E-state index contributed by atoms with van der Waals surface area (Å²) in [5.74, 6) is 1.28. The zero-order valence-corrected chi connectivity index (χ0v) is 19.2. The molecular weight excluding hydrogens is 414 g/mol. The van der Waals surface area contributed by atoms with Gasteiger partial charge in [0.1, 0.15) is 17.1 Å². The van der Waals surface area contributed by atoms with E-state index in [1.165, 1.54) is 0 Å². The first-order valence-corrected chi connectivity index (χ1v) is 10.8. The van der Waals surface area contributed by atoms with Gasteiger partial charge in [-0.1, -0.05) is 42.5 Å². The summed E-state index contributed by atoms with van der Waals surface area (Å²) in [6, 6.07) is 21.5. The van der Waals surface area contributed by atoms with Crippen molar-refractivity contribution in [3.63, 3.8) is 0 Å². The molecule has 1 unspecified atom stereocenters. The summed E-state index contributed by atoms with van der Waals surface area (Å²) in [7, 11) is 3.26. The Morgan fingerprint density at radius 3 is 2.39 bits per heavy atom. The van der Waals surface area contributed by atoms with Crippen LogP contribution in [-0.4, -0.2) is 20.1 Å². The lowest BCUT2D eigenvalue weighted by molar-refractivity contribution is -0.117. The van der Waals surface area contributed by atoms with Gasteiger partial charge in [-0.3, -0.25) is 4.79 Å². The summed E-state index contributed by atoms with van der Waals surface area (Å²) in [5.41, 5.74) is 5.39. The van der Waals surface area contributed by atoms with Crippen LogP contribution in [0.15, 0.2) is 83.5 Å². The molecule has 1 heterocycles. The number of hydrogen-bond acceptors (Lipinski definition) is 4. The van der Waals surface area contributed by atoms with Gasteiger partial charge in [0, 0.05) is 28.7 Å². The number of ether oxygens (including phenoxy) is 2. The lowest BCUT2D eigenvalue weighted by Gasteiger charge is -2.14. The SMILES string of the molecule is COc1ccc(-c2coc3cc(OC)c(/C(C)=C/C(=O)NC(C)c4ccccc4)cc23)cc1. The van der Waals surface area contributed by atoms with Crippen molar-refractivity contribution in [3.05, 3.63) is 90.2 Å². The zero-order valence-electron chi connectivity index (χ0n) is 19.2. The fourth-order valence-corrected chi connectivity index (χ4v) is 3.88. The minimum atomic E-state index is -0.159. The van der Waals surface area contributed by atoms with Crippen LogP contribution in [0.25, 0.3) is 27.7 Å². The minimum absolute atomic E-state index is 0.0947. The molecule has 1 aromatic heterocycles. The van der Waals surface area contributed by atoms with Crippen molar-refractivity contribution < 1.29 is 18.7 Å². The Balaban J connectivity index is 1.65. The summed E-state index contributed by atoms with van der Waals surface area (Å²) in [4.78, 5) is 12.7. The van der Waals surface area contributed by atoms with Crippen LogP contribution in [0.2, 0.25) is 0 Å². The second-order valence-corrected chi connectivity index (χ2v) is 7.89. The molecule has 4 rings (SSSR count). The van der Waals surface area contributed by atoms with Gasteiger partial charge < -0.3 is 19.2 Å². The number of furan rings is 1. The number of nitrogens with one attached hydrogen (secondary N) is 1. The maximum atomic E-state index is 12.7. The Morgan fingerprint density at radius 2 is 1.73 bits per heavy atom. The number of amides is 1. The van der Waals surface area contributed by atoms with Crippen molar-refractivity contribution in [2.24, 2.45) is 0 Å². The zero-order chi connectivity index (χ0) is 23.4. The Kier molecular flexibility index (Phi) is 6.50. The van der Waals surface area contributed by atoms with Crippen molar-refractivity contribution >= 4 is 22.4 Å². The third-order valence-corrected chi connectivity index (χ3v) is 5.73. The van der Waals surface area contributed by atoms with Crippen LogP contribution < -0.4 is 14.8 Å². The topological polar surface area (TPSA) is 60.7 Å². The molecule has 1 amide bonds. The first kappa shape index (κ1) is 22.2. The summed E-state index contributed by atoms with van der Waals surface area (Å²) in [5, 5.41) is 3.97. The summed E-state index contributed by atoms with van der Waals surface area (Å²) < 4.78 is 16.7. The molecular formula is C28H27NO4. The average molecular weight is 442 g/mol. The average Bonchev–Trinajstić information content (AvgIpc) is 3.26. The molecule has 5 heteroatoms. The van der Waals surface area contributed by atoms with Gasteiger partial charge in [-0.2, -0.15) is 0 Å². The van der Waals surface area contributed by atoms with Crippen molar-refractivity contribution in [1.82, 2.24) is 5.32 Å². The third-order valence-electron chi connectivity index (χ3n) is 5.73. The molecule has 0 saturated heterocycles. The molecule has 4 aromatic rings. The highest BCUT2D eigenvalue weighted by atomic mass is 16.5. The molecule has 0 spiro atoms. The number of fused-ring (bicyclic) bond motifs is 1. The molecule has 0 saturated carbocycles. The highest BCUT2D eigenvalue weighted by Gasteiger charge is 2.15. The molecule has 0 fully saturated rings. The van der Waals surface area contributed by atoms with E-state index < -0.39 is 0 Å². The molecule has 33 heavy (non-hydrogen) atoms. The van der Waals surface area contributed by atoms with Crippen LogP contribution in [0.4, 0.5) is 0 Å². The minimum Gasteiger partial charge on any atom is -0.497 e. The van der Waals surface area contributed by atoms with Crippen LogP contribution >= 0.6 is 0 Å². The van der Waals surface area contributed by atoms with Crippen LogP contribution in [-0.2, 0) is 4.79 Å². The predicted molar refractivity (Wildman–Crippen MR) is 131 cm³/mol. The molecule has 0 radical (unpaired) electrons. The molecule has 168 valence electrons. The quantitative estimate of drug-likeness (QED) is 0.337. The van der Waals surface area contributed by atoms with Crippen LogP contribution in [0, 0.1) is 0 Å². The maximum absolute atomic E-state index is 12.7. The van der Waals surface area contributed by atoms with E-state index in [1.54, 1.807) is 26.6 Å². The second-order valence-electron chi connectivity index (χ2n) is 7.89. The molecule has 0 aliphatic rings. The maximum Gasteiger partial charge on any atom is 0.244 e. The Labute approximate surface area is 193 Å². The highest BCUT2D eigenvalue weighted by molar-refractivity contribution is 6.00. The fraction of sp³-hybridized carbons (Fsp3) is 0.179. The van der Waals surface area contributed by atoms with Gasteiger partial charge in [0.25, 0.3) is 0 Å². The van der Waals surface area contributed by atoms with E-state index in [2.05, 4.69) is 5.32 Å². The number of methoxy groups -OCH3 is 2. The Hall–Kier alpha value is -3.99. The van der Waals surface area contributed by atoms with E-state index in [4.69, 9.17) is 13.9 Å². The third kappa shape index (κ3) is 4.77. The summed E-state index contributed by atoms with van der Waals surface area (Å²) >= 11 is 0. The lowest BCUT2D eigenvalue weighted by atomic mass is 9.99. The summed E-state index contributed by atoms with van der Waals surface area (Å²) in [6.07, 6.45) is 3.35. The normalized spacial score (nSPS) is 12.4. The number of carbonyl (C=O) groups excluding carboxylic acids is 1. The number of benzene rings is 3. The Bertz CT molecular complexity index is 1290. The molecule has 3 aromatic carbocycles. The van der Waals surface area contributed by atoms with Gasteiger partial charge in [-0.05, 0) is 48.7 Å². The van der Waals surface area contributed by atoms with Crippen molar-refractivity contribution in [2.45, 2.75) is 19.9 Å². The monoisotopic (exact) mass is 441 g/mol. The van der Waals surface area contributed by atoms with Gasteiger partial charge in [0.2, 0.25) is 5.91 Å². The van der Waals surface area contributed by atoms with E-state index in [9.17, 15) is 4.79 Å². The summed E-state index contributed by atoms with van der Waals surface area (Å²) in [6.45, 7) is 3.87. The van der Waals surface area contributed by atoms with E-state index in [0.717, 1.165) is 44.5 Å². The van der Waals surface area contributed by atoms with Gasteiger partial charge in [0.15, 0.2) is 0 Å². The van der Waals surface area contributed by atoms with Crippen molar-refractivity contribution in [1.29, 1.82) is 0 Å². The molecule has 0 bridgehead atoms. The second kappa shape index (κ2) is 9.65. The number of hydrogen-bond donors (Lipinski definition) is 1. The van der Waals surface area contributed by atoms with E-state index in [0.29, 0.717) is 5.75 Å². The molecule has 1 N–H and O–H groups in total. The van der Waals surface area contributed by atoms with Crippen LogP contribution in [0.3, 0.4) is 0 Å². The first-order valence-electron chi connectivity index (χ1n) is 10.8. The standard InChI is InChI=1S/C28H27NO4/c1-18(14-28(30)29-19(2)20-8-6-5-7-9-20)23-15-24-25(17-33-27(24)16-26(23)32-4)21-10-12-22(31-3)13-11-21/h5-17,19H,1-4H3,(H,29,30)/b18-14+.